The molecule has 4 aromatic rings. The van der Waals surface area contributed by atoms with Crippen molar-refractivity contribution in [3.8, 4) is 11.3 Å². The molecule has 2 atom stereocenters. The molecule has 45 heavy (non-hydrogen) atoms. The Kier molecular flexibility index (Phi) is 8.80. The predicted octanol–water partition coefficient (Wildman–Crippen LogP) is 6.19. The van der Waals surface area contributed by atoms with Crippen molar-refractivity contribution in [3.05, 3.63) is 108 Å². The molecule has 0 unspecified atom stereocenters. The molecule has 2 heterocycles. The fourth-order valence-corrected chi connectivity index (χ4v) is 6.04. The molecule has 1 aromatic heterocycles. The van der Waals surface area contributed by atoms with Crippen LogP contribution in [0.2, 0.25) is 0 Å². The van der Waals surface area contributed by atoms with Crippen molar-refractivity contribution < 1.29 is 19.1 Å². The number of carbonyl (C=O) groups excluding carboxylic acids is 2. The van der Waals surface area contributed by atoms with E-state index in [1.807, 2.05) is 65.6 Å². The molecular formula is C36H39N5O4. The first kappa shape index (κ1) is 30.3. The monoisotopic (exact) mass is 605 g/mol. The van der Waals surface area contributed by atoms with Crippen LogP contribution >= 0.6 is 0 Å². The van der Waals surface area contributed by atoms with Crippen LogP contribution in [0.1, 0.15) is 49.3 Å². The van der Waals surface area contributed by atoms with Crippen LogP contribution in [0.4, 0.5) is 16.3 Å². The second kappa shape index (κ2) is 13.1. The summed E-state index contributed by atoms with van der Waals surface area (Å²) in [5, 5.41) is 6.41. The Morgan fingerprint density at radius 2 is 1.80 bits per heavy atom. The lowest BCUT2D eigenvalue weighted by atomic mass is 9.95. The Bertz CT molecular complexity index is 1640. The van der Waals surface area contributed by atoms with Crippen molar-refractivity contribution in [2.24, 2.45) is 0 Å². The molecule has 2 fully saturated rings. The number of aromatic nitrogens is 2. The maximum absolute atomic E-state index is 13.3. The maximum atomic E-state index is 13.3. The Hall–Kier alpha value is -4.76. The minimum atomic E-state index is -0.501. The molecule has 6 rings (SSSR count). The molecule has 9 heteroatoms. The Morgan fingerprint density at radius 1 is 1.02 bits per heavy atom. The van der Waals surface area contributed by atoms with Crippen LogP contribution in [0.5, 0.6) is 0 Å². The van der Waals surface area contributed by atoms with E-state index in [1.165, 1.54) is 12.7 Å². The average molecular weight is 606 g/mol. The summed E-state index contributed by atoms with van der Waals surface area (Å²) in [6.45, 7) is 4.68. The molecule has 3 aromatic carbocycles. The number of methoxy groups -OCH3 is 1. The SMILES string of the molecule is COCC(=O)N[C@@H](Cc1ccc(Nc2cc(-c3ccccc3)ncn2)cc1)[C@H]1CN(C2(c3cccc(C(C)C)c3)CC2)C(=O)O1. The van der Waals surface area contributed by atoms with Gasteiger partial charge in [0.15, 0.2) is 0 Å². The molecule has 0 radical (unpaired) electrons. The van der Waals surface area contributed by atoms with Crippen molar-refractivity contribution >= 4 is 23.5 Å². The number of carbonyl (C=O) groups is 2. The van der Waals surface area contributed by atoms with Crippen LogP contribution in [0.3, 0.4) is 0 Å². The van der Waals surface area contributed by atoms with Crippen LogP contribution in [0, 0.1) is 0 Å². The van der Waals surface area contributed by atoms with E-state index >= 15 is 0 Å². The second-order valence-corrected chi connectivity index (χ2v) is 12.1. The quantitative estimate of drug-likeness (QED) is 0.198. The summed E-state index contributed by atoms with van der Waals surface area (Å²) in [6.07, 6.45) is 2.99. The van der Waals surface area contributed by atoms with Crippen molar-refractivity contribution in [2.45, 2.75) is 56.7 Å². The van der Waals surface area contributed by atoms with Gasteiger partial charge in [0, 0.05) is 24.4 Å². The Morgan fingerprint density at radius 3 is 2.51 bits per heavy atom. The number of nitrogens with zero attached hydrogens (tertiary/aromatic N) is 3. The normalized spacial score (nSPS) is 17.6. The zero-order valence-electron chi connectivity index (χ0n) is 25.9. The Balaban J connectivity index is 1.16. The smallest absolute Gasteiger partial charge is 0.411 e. The summed E-state index contributed by atoms with van der Waals surface area (Å²) in [5.74, 6) is 0.833. The molecule has 1 aliphatic carbocycles. The fourth-order valence-electron chi connectivity index (χ4n) is 6.04. The summed E-state index contributed by atoms with van der Waals surface area (Å²) in [5.41, 5.74) is 5.76. The molecule has 2 amide bonds. The molecule has 232 valence electrons. The first-order valence-electron chi connectivity index (χ1n) is 15.4. The number of benzene rings is 3. The van der Waals surface area contributed by atoms with Crippen molar-refractivity contribution in [3.63, 3.8) is 0 Å². The number of ether oxygens (including phenoxy) is 2. The summed E-state index contributed by atoms with van der Waals surface area (Å²) in [4.78, 5) is 36.6. The fraction of sp³-hybridized carbons (Fsp3) is 0.333. The molecule has 1 saturated carbocycles. The Labute approximate surface area is 264 Å². The number of anilines is 2. The van der Waals surface area contributed by atoms with Gasteiger partial charge in [0.2, 0.25) is 5.91 Å². The minimum absolute atomic E-state index is 0.0699. The zero-order valence-corrected chi connectivity index (χ0v) is 25.9. The first-order chi connectivity index (χ1) is 21.8. The van der Waals surface area contributed by atoms with Gasteiger partial charge in [-0.25, -0.2) is 14.8 Å². The lowest BCUT2D eigenvalue weighted by molar-refractivity contribution is -0.126. The molecule has 2 aliphatic rings. The number of cyclic esters (lactones) is 1. The zero-order chi connectivity index (χ0) is 31.4. The van der Waals surface area contributed by atoms with Gasteiger partial charge in [0.25, 0.3) is 0 Å². The topological polar surface area (TPSA) is 106 Å². The van der Waals surface area contributed by atoms with E-state index in [1.54, 1.807) is 6.33 Å². The maximum Gasteiger partial charge on any atom is 0.411 e. The lowest BCUT2D eigenvalue weighted by Gasteiger charge is -2.28. The van der Waals surface area contributed by atoms with E-state index in [0.29, 0.717) is 24.7 Å². The third-order valence-corrected chi connectivity index (χ3v) is 8.66. The highest BCUT2D eigenvalue weighted by Gasteiger charge is 2.56. The van der Waals surface area contributed by atoms with Gasteiger partial charge in [-0.1, -0.05) is 80.6 Å². The van der Waals surface area contributed by atoms with Crippen molar-refractivity contribution in [1.82, 2.24) is 20.2 Å². The van der Waals surface area contributed by atoms with Crippen molar-refractivity contribution in [2.75, 3.05) is 25.6 Å². The summed E-state index contributed by atoms with van der Waals surface area (Å²) in [7, 11) is 1.49. The second-order valence-electron chi connectivity index (χ2n) is 12.1. The van der Waals surface area contributed by atoms with Gasteiger partial charge in [-0.15, -0.1) is 0 Å². The van der Waals surface area contributed by atoms with Crippen LogP contribution in [-0.2, 0) is 26.2 Å². The van der Waals surface area contributed by atoms with Crippen LogP contribution in [-0.4, -0.2) is 59.3 Å². The average Bonchev–Trinajstić information content (AvgIpc) is 3.77. The summed E-state index contributed by atoms with van der Waals surface area (Å²) in [6, 6.07) is 27.9. The third-order valence-electron chi connectivity index (χ3n) is 8.66. The number of hydrogen-bond donors (Lipinski definition) is 2. The van der Waals surface area contributed by atoms with Gasteiger partial charge in [-0.2, -0.15) is 0 Å². The molecule has 2 N–H and O–H groups in total. The lowest BCUT2D eigenvalue weighted by Crippen LogP contribution is -2.48. The largest absolute Gasteiger partial charge is 0.442 e. The van der Waals surface area contributed by atoms with Crippen LogP contribution in [0.25, 0.3) is 11.3 Å². The highest BCUT2D eigenvalue weighted by atomic mass is 16.6. The summed E-state index contributed by atoms with van der Waals surface area (Å²) >= 11 is 0. The van der Waals surface area contributed by atoms with E-state index in [0.717, 1.165) is 40.9 Å². The predicted molar refractivity (Wildman–Crippen MR) is 173 cm³/mol. The van der Waals surface area contributed by atoms with Gasteiger partial charge in [-0.3, -0.25) is 9.69 Å². The summed E-state index contributed by atoms with van der Waals surface area (Å²) < 4.78 is 11.0. The highest BCUT2D eigenvalue weighted by molar-refractivity contribution is 5.78. The van der Waals surface area contributed by atoms with Gasteiger partial charge in [0.05, 0.1) is 23.8 Å². The molecule has 0 spiro atoms. The number of rotatable bonds is 12. The number of amides is 2. The van der Waals surface area contributed by atoms with Crippen molar-refractivity contribution in [1.29, 1.82) is 0 Å². The van der Waals surface area contributed by atoms with E-state index in [9.17, 15) is 9.59 Å². The van der Waals surface area contributed by atoms with E-state index in [4.69, 9.17) is 9.47 Å². The van der Waals surface area contributed by atoms with Crippen LogP contribution in [0.15, 0.2) is 91.3 Å². The van der Waals surface area contributed by atoms with E-state index in [-0.39, 0.29) is 24.1 Å². The molecule has 0 bridgehead atoms. The van der Waals surface area contributed by atoms with Gasteiger partial charge in [0.1, 0.15) is 24.9 Å². The van der Waals surface area contributed by atoms with E-state index in [2.05, 4.69) is 58.7 Å². The highest BCUT2D eigenvalue weighted by Crippen LogP contribution is 2.53. The van der Waals surface area contributed by atoms with Gasteiger partial charge < -0.3 is 20.1 Å². The first-order valence-corrected chi connectivity index (χ1v) is 15.4. The standard InChI is InChI=1S/C36H39N5O4/c1-24(2)27-10-7-11-28(19-27)36(16-17-36)41-21-32(45-35(41)43)31(40-34(42)22-44-3)18-25-12-14-29(15-13-25)39-33-20-30(37-23-38-33)26-8-5-4-6-9-26/h4-15,19-20,23-24,31-32H,16-18,21-22H2,1-3H3,(H,40,42)(H,37,38,39)/t31-,32+/m0/s1. The third kappa shape index (κ3) is 6.83. The number of hydrogen-bond acceptors (Lipinski definition) is 7. The molecular weight excluding hydrogens is 566 g/mol. The molecule has 1 saturated heterocycles. The van der Waals surface area contributed by atoms with Crippen LogP contribution < -0.4 is 10.6 Å². The van der Waals surface area contributed by atoms with Gasteiger partial charge in [-0.05, 0) is 54.0 Å². The number of nitrogens with one attached hydrogen (secondary N) is 2. The minimum Gasteiger partial charge on any atom is -0.442 e. The van der Waals surface area contributed by atoms with Gasteiger partial charge >= 0.3 is 6.09 Å². The van der Waals surface area contributed by atoms with E-state index < -0.39 is 12.1 Å². The molecule has 1 aliphatic heterocycles. The molecule has 9 nitrogen and oxygen atoms in total.